The highest BCUT2D eigenvalue weighted by molar-refractivity contribution is 6.30. The molecule has 0 aliphatic carbocycles. The van der Waals surface area contributed by atoms with Crippen LogP contribution in [0.1, 0.15) is 22.7 Å². The number of anilines is 1. The first kappa shape index (κ1) is 24.3. The Hall–Kier alpha value is -4.37. The number of halogens is 2. The van der Waals surface area contributed by atoms with Crippen LogP contribution in [0.15, 0.2) is 78.6 Å². The number of carbonyl (C=O) groups is 1. The molecule has 0 unspecified atom stereocenters. The minimum atomic E-state index is -0.670. The van der Waals surface area contributed by atoms with E-state index in [0.29, 0.717) is 39.3 Å². The third kappa shape index (κ3) is 4.85. The van der Waals surface area contributed by atoms with Crippen molar-refractivity contribution < 1.29 is 23.4 Å². The molecular weight excluding hydrogens is 499 g/mol. The Kier molecular flexibility index (Phi) is 6.78. The fraction of sp³-hybridized carbons (Fsp3) is 0.148. The molecule has 0 amide bonds. The van der Waals surface area contributed by atoms with E-state index in [2.05, 4.69) is 15.4 Å². The summed E-state index contributed by atoms with van der Waals surface area (Å²) in [6.45, 7) is 0.227. The summed E-state index contributed by atoms with van der Waals surface area (Å²) in [5.41, 5.74) is 3.11. The summed E-state index contributed by atoms with van der Waals surface area (Å²) in [6.07, 6.45) is 1.41. The normalized spacial score (nSPS) is 14.5. The molecule has 188 valence electrons. The van der Waals surface area contributed by atoms with Gasteiger partial charge in [0.2, 0.25) is 5.95 Å². The lowest BCUT2D eigenvalue weighted by Gasteiger charge is -2.29. The van der Waals surface area contributed by atoms with Crippen molar-refractivity contribution in [3.8, 4) is 11.5 Å². The Morgan fingerprint density at radius 3 is 2.51 bits per heavy atom. The average Bonchev–Trinajstić information content (AvgIpc) is 3.40. The third-order valence-electron chi connectivity index (χ3n) is 5.95. The van der Waals surface area contributed by atoms with Crippen LogP contribution in [0.4, 0.5) is 10.3 Å². The smallest absolute Gasteiger partial charge is 0.338 e. The first-order valence-corrected chi connectivity index (χ1v) is 11.7. The molecule has 4 aromatic rings. The summed E-state index contributed by atoms with van der Waals surface area (Å²) in [5, 5.41) is 8.13. The molecular formula is C27H22ClFN4O4. The predicted octanol–water partition coefficient (Wildman–Crippen LogP) is 5.26. The van der Waals surface area contributed by atoms with Crippen molar-refractivity contribution in [2.45, 2.75) is 12.6 Å². The van der Waals surface area contributed by atoms with Gasteiger partial charge in [0.15, 0.2) is 11.5 Å². The first-order chi connectivity index (χ1) is 18.0. The molecule has 8 nitrogen and oxygen atoms in total. The van der Waals surface area contributed by atoms with Crippen LogP contribution in [0.5, 0.6) is 11.5 Å². The summed E-state index contributed by atoms with van der Waals surface area (Å²) in [5.74, 6) is 0.562. The van der Waals surface area contributed by atoms with E-state index in [-0.39, 0.29) is 12.4 Å². The number of nitrogens with zero attached hydrogens (tertiary/aromatic N) is 3. The van der Waals surface area contributed by atoms with Crippen molar-refractivity contribution in [2.24, 2.45) is 0 Å². The summed E-state index contributed by atoms with van der Waals surface area (Å²) in [7, 11) is 2.86. The molecule has 1 aromatic heterocycles. The van der Waals surface area contributed by atoms with Crippen LogP contribution >= 0.6 is 11.6 Å². The van der Waals surface area contributed by atoms with Gasteiger partial charge in [-0.25, -0.2) is 13.9 Å². The Bertz CT molecular complexity index is 1470. The highest BCUT2D eigenvalue weighted by Gasteiger charge is 2.36. The predicted molar refractivity (Wildman–Crippen MR) is 136 cm³/mol. The van der Waals surface area contributed by atoms with Gasteiger partial charge >= 0.3 is 5.97 Å². The summed E-state index contributed by atoms with van der Waals surface area (Å²) in [4.78, 5) is 17.5. The van der Waals surface area contributed by atoms with Gasteiger partial charge < -0.3 is 19.5 Å². The molecule has 1 N–H and O–H groups in total. The lowest BCUT2D eigenvalue weighted by atomic mass is 9.92. The molecule has 37 heavy (non-hydrogen) atoms. The van der Waals surface area contributed by atoms with Gasteiger partial charge in [-0.3, -0.25) is 0 Å². The second kappa shape index (κ2) is 10.3. The first-order valence-electron chi connectivity index (χ1n) is 11.3. The highest BCUT2D eigenvalue weighted by atomic mass is 35.5. The van der Waals surface area contributed by atoms with Gasteiger partial charge in [-0.15, -0.1) is 0 Å². The van der Waals surface area contributed by atoms with Crippen molar-refractivity contribution in [3.05, 3.63) is 106 Å². The molecule has 0 saturated carbocycles. The van der Waals surface area contributed by atoms with E-state index in [0.717, 1.165) is 11.1 Å². The van der Waals surface area contributed by atoms with Gasteiger partial charge in [0.25, 0.3) is 0 Å². The maximum Gasteiger partial charge on any atom is 0.338 e. The number of carbonyl (C=O) groups excluding carboxylic acids is 1. The molecule has 0 saturated heterocycles. The minimum Gasteiger partial charge on any atom is -0.493 e. The monoisotopic (exact) mass is 520 g/mol. The van der Waals surface area contributed by atoms with Crippen molar-refractivity contribution in [1.82, 2.24) is 14.8 Å². The van der Waals surface area contributed by atoms with Crippen molar-refractivity contribution in [1.29, 1.82) is 0 Å². The van der Waals surface area contributed by atoms with Gasteiger partial charge in [-0.1, -0.05) is 41.9 Å². The van der Waals surface area contributed by atoms with Crippen LogP contribution in [-0.2, 0) is 16.1 Å². The number of benzene rings is 3. The third-order valence-corrected chi connectivity index (χ3v) is 6.20. The van der Waals surface area contributed by atoms with E-state index in [1.807, 2.05) is 18.2 Å². The number of ether oxygens (including phenoxy) is 3. The fourth-order valence-corrected chi connectivity index (χ4v) is 4.28. The average molecular weight is 521 g/mol. The Morgan fingerprint density at radius 2 is 1.81 bits per heavy atom. The lowest BCUT2D eigenvalue weighted by Crippen LogP contribution is -2.29. The molecule has 0 fully saturated rings. The molecule has 2 heterocycles. The van der Waals surface area contributed by atoms with Gasteiger partial charge in [0.05, 0.1) is 25.5 Å². The maximum absolute atomic E-state index is 13.2. The molecule has 1 aliphatic heterocycles. The van der Waals surface area contributed by atoms with Crippen LogP contribution in [0.2, 0.25) is 5.02 Å². The second-order valence-corrected chi connectivity index (χ2v) is 8.60. The zero-order valence-electron chi connectivity index (χ0n) is 19.9. The molecule has 0 bridgehead atoms. The van der Waals surface area contributed by atoms with Crippen LogP contribution in [0, 0.1) is 5.82 Å². The Labute approximate surface area is 217 Å². The number of nitrogens with one attached hydrogen (secondary N) is 1. The number of hydrogen-bond donors (Lipinski definition) is 1. The van der Waals surface area contributed by atoms with Crippen molar-refractivity contribution in [3.63, 3.8) is 0 Å². The van der Waals surface area contributed by atoms with Crippen molar-refractivity contribution in [2.75, 3.05) is 19.5 Å². The van der Waals surface area contributed by atoms with E-state index in [9.17, 15) is 9.18 Å². The zero-order chi connectivity index (χ0) is 25.9. The largest absolute Gasteiger partial charge is 0.493 e. The number of esters is 1. The standard InChI is InChI=1S/C27H22ClFN4O4/c1-35-22-13-18(7-12-21(22)37-14-16-3-10-20(29)11-4-16)25-23(26(34)36-2)24(17-5-8-19(28)9-6-17)32-27-30-15-31-33(25)27/h3-13,15,25H,14H2,1-2H3,(H,30,31,32)/t25-/m0/s1. The molecule has 10 heteroatoms. The number of rotatable bonds is 7. The van der Waals surface area contributed by atoms with Gasteiger partial charge in [-0.05, 0) is 53.1 Å². The molecule has 5 rings (SSSR count). The highest BCUT2D eigenvalue weighted by Crippen LogP contribution is 2.41. The van der Waals surface area contributed by atoms with Crippen LogP contribution in [0.3, 0.4) is 0 Å². The number of fused-ring (bicyclic) bond motifs is 1. The molecule has 0 radical (unpaired) electrons. The summed E-state index contributed by atoms with van der Waals surface area (Å²) >= 11 is 6.09. The molecule has 0 spiro atoms. The number of aromatic nitrogens is 3. The number of hydrogen-bond acceptors (Lipinski definition) is 7. The molecule has 3 aromatic carbocycles. The Balaban J connectivity index is 1.56. The second-order valence-electron chi connectivity index (χ2n) is 8.17. The quantitative estimate of drug-likeness (QED) is 0.333. The lowest BCUT2D eigenvalue weighted by molar-refractivity contribution is -0.136. The molecule has 1 aliphatic rings. The van der Waals surface area contributed by atoms with E-state index < -0.39 is 12.0 Å². The Morgan fingerprint density at radius 1 is 1.05 bits per heavy atom. The van der Waals surface area contributed by atoms with Crippen LogP contribution in [-0.4, -0.2) is 35.0 Å². The van der Waals surface area contributed by atoms with Crippen molar-refractivity contribution >= 4 is 29.2 Å². The van der Waals surface area contributed by atoms with Crippen LogP contribution in [0.25, 0.3) is 5.70 Å². The zero-order valence-corrected chi connectivity index (χ0v) is 20.7. The topological polar surface area (TPSA) is 87.5 Å². The van der Waals surface area contributed by atoms with Crippen LogP contribution < -0.4 is 14.8 Å². The van der Waals surface area contributed by atoms with E-state index in [1.165, 1.54) is 32.7 Å². The van der Waals surface area contributed by atoms with Gasteiger partial charge in [0.1, 0.15) is 24.8 Å². The SMILES string of the molecule is COC(=O)C1=C(c2ccc(Cl)cc2)Nc2ncnn2[C@H]1c1ccc(OCc2ccc(F)cc2)c(OC)c1. The number of methoxy groups -OCH3 is 2. The van der Waals surface area contributed by atoms with Gasteiger partial charge in [0, 0.05) is 5.02 Å². The minimum absolute atomic E-state index is 0.227. The van der Waals surface area contributed by atoms with E-state index in [1.54, 1.807) is 41.1 Å². The van der Waals surface area contributed by atoms with Gasteiger partial charge in [-0.2, -0.15) is 10.1 Å². The molecule has 1 atom stereocenters. The van der Waals surface area contributed by atoms with E-state index in [4.69, 9.17) is 25.8 Å². The summed E-state index contributed by atoms with van der Waals surface area (Å²) < 4.78 is 31.6. The van der Waals surface area contributed by atoms with E-state index >= 15 is 0 Å². The maximum atomic E-state index is 13.2. The fourth-order valence-electron chi connectivity index (χ4n) is 4.16. The summed E-state index contributed by atoms with van der Waals surface area (Å²) in [6, 6.07) is 17.9.